The first kappa shape index (κ1) is 20.8. The SMILES string of the molecule is COc1cccnc1S(=O)(=O)NC(=O)c1cnc(Nc2ccc(Cl)cc2)c(Cl)c1. The van der Waals surface area contributed by atoms with Crippen molar-refractivity contribution in [3.05, 3.63) is 70.5 Å². The fraction of sp³-hybridized carbons (Fsp3) is 0.0556. The molecule has 2 N–H and O–H groups in total. The summed E-state index contributed by atoms with van der Waals surface area (Å²) >= 11 is 12.0. The van der Waals surface area contributed by atoms with Crippen LogP contribution in [0.1, 0.15) is 10.4 Å². The molecule has 8 nitrogen and oxygen atoms in total. The van der Waals surface area contributed by atoms with Crippen LogP contribution in [0.25, 0.3) is 0 Å². The Morgan fingerprint density at radius 2 is 1.83 bits per heavy atom. The van der Waals surface area contributed by atoms with E-state index in [-0.39, 0.29) is 16.3 Å². The number of ether oxygens (including phenoxy) is 1. The van der Waals surface area contributed by atoms with Gasteiger partial charge < -0.3 is 10.1 Å². The highest BCUT2D eigenvalue weighted by Crippen LogP contribution is 2.25. The van der Waals surface area contributed by atoms with Crippen molar-refractivity contribution in [2.24, 2.45) is 0 Å². The van der Waals surface area contributed by atoms with Crippen LogP contribution in [-0.2, 0) is 10.0 Å². The van der Waals surface area contributed by atoms with Gasteiger partial charge in [-0.25, -0.2) is 14.7 Å². The highest BCUT2D eigenvalue weighted by Gasteiger charge is 2.24. The molecule has 0 unspecified atom stereocenters. The van der Waals surface area contributed by atoms with Gasteiger partial charge in [0.1, 0.15) is 5.82 Å². The minimum Gasteiger partial charge on any atom is -0.494 e. The first-order chi connectivity index (χ1) is 13.8. The maximum Gasteiger partial charge on any atom is 0.285 e. The zero-order valence-electron chi connectivity index (χ0n) is 14.9. The zero-order chi connectivity index (χ0) is 21.0. The van der Waals surface area contributed by atoms with Crippen LogP contribution >= 0.6 is 23.2 Å². The lowest BCUT2D eigenvalue weighted by molar-refractivity contribution is 0.0981. The standard InChI is InChI=1S/C18H14Cl2N4O4S/c1-28-15-3-2-8-21-18(15)29(26,27)24-17(25)11-9-14(20)16(22-10-11)23-13-6-4-12(19)5-7-13/h2-10H,1H3,(H,22,23)(H,24,25). The molecule has 1 amide bonds. The second-order valence-electron chi connectivity index (χ2n) is 5.63. The van der Waals surface area contributed by atoms with Crippen LogP contribution < -0.4 is 14.8 Å². The van der Waals surface area contributed by atoms with E-state index in [1.807, 2.05) is 4.72 Å². The normalized spacial score (nSPS) is 11.0. The monoisotopic (exact) mass is 452 g/mol. The maximum atomic E-state index is 12.5. The van der Waals surface area contributed by atoms with Crippen LogP contribution in [0.2, 0.25) is 10.0 Å². The molecule has 29 heavy (non-hydrogen) atoms. The third-order valence-corrected chi connectivity index (χ3v) is 5.46. The summed E-state index contributed by atoms with van der Waals surface area (Å²) in [5, 5.41) is 3.27. The van der Waals surface area contributed by atoms with E-state index in [1.54, 1.807) is 24.3 Å². The number of nitrogens with one attached hydrogen (secondary N) is 2. The van der Waals surface area contributed by atoms with Crippen molar-refractivity contribution in [3.8, 4) is 5.75 Å². The van der Waals surface area contributed by atoms with Gasteiger partial charge in [-0.15, -0.1) is 0 Å². The number of aromatic nitrogens is 2. The highest BCUT2D eigenvalue weighted by molar-refractivity contribution is 7.90. The predicted molar refractivity (Wildman–Crippen MR) is 109 cm³/mol. The van der Waals surface area contributed by atoms with E-state index in [0.717, 1.165) is 0 Å². The number of amides is 1. The number of nitrogens with zero attached hydrogens (tertiary/aromatic N) is 2. The van der Waals surface area contributed by atoms with Gasteiger partial charge in [-0.3, -0.25) is 4.79 Å². The molecular weight excluding hydrogens is 439 g/mol. The van der Waals surface area contributed by atoms with Gasteiger partial charge in [0.05, 0.1) is 17.7 Å². The van der Waals surface area contributed by atoms with Crippen LogP contribution in [0.4, 0.5) is 11.5 Å². The number of methoxy groups -OCH3 is 1. The summed E-state index contributed by atoms with van der Waals surface area (Å²) in [6, 6.07) is 11.1. The Labute approximate surface area is 176 Å². The van der Waals surface area contributed by atoms with Crippen LogP contribution in [-0.4, -0.2) is 31.4 Å². The van der Waals surface area contributed by atoms with Crippen molar-refractivity contribution >= 4 is 50.6 Å². The van der Waals surface area contributed by atoms with Crippen molar-refractivity contribution in [1.82, 2.24) is 14.7 Å². The van der Waals surface area contributed by atoms with Crippen molar-refractivity contribution < 1.29 is 17.9 Å². The zero-order valence-corrected chi connectivity index (χ0v) is 17.2. The Balaban J connectivity index is 1.79. The van der Waals surface area contributed by atoms with Crippen LogP contribution in [0.15, 0.2) is 59.9 Å². The molecule has 0 aliphatic heterocycles. The fourth-order valence-corrected chi connectivity index (χ4v) is 3.70. The van der Waals surface area contributed by atoms with Gasteiger partial charge in [0.2, 0.25) is 5.03 Å². The number of sulfonamides is 1. The number of hydrogen-bond donors (Lipinski definition) is 2. The third kappa shape index (κ3) is 4.94. The van der Waals surface area contributed by atoms with Crippen molar-refractivity contribution in [1.29, 1.82) is 0 Å². The minimum absolute atomic E-state index is 0.00599. The number of carbonyl (C=O) groups excluding carboxylic acids is 1. The quantitative estimate of drug-likeness (QED) is 0.586. The van der Waals surface area contributed by atoms with Crippen LogP contribution in [0.5, 0.6) is 5.75 Å². The summed E-state index contributed by atoms with van der Waals surface area (Å²) in [5.41, 5.74) is 0.640. The second kappa shape index (κ2) is 8.64. The molecule has 0 saturated heterocycles. The van der Waals surface area contributed by atoms with E-state index in [4.69, 9.17) is 27.9 Å². The van der Waals surface area contributed by atoms with Gasteiger partial charge in [0.15, 0.2) is 5.75 Å². The molecule has 0 aliphatic rings. The number of hydrogen-bond acceptors (Lipinski definition) is 7. The van der Waals surface area contributed by atoms with Gasteiger partial charge in [0.25, 0.3) is 15.9 Å². The molecule has 0 aliphatic carbocycles. The second-order valence-corrected chi connectivity index (χ2v) is 8.07. The Hall–Kier alpha value is -2.88. The molecule has 0 bridgehead atoms. The number of halogens is 2. The molecule has 0 radical (unpaired) electrons. The lowest BCUT2D eigenvalue weighted by Crippen LogP contribution is -2.31. The molecule has 3 aromatic rings. The molecule has 2 heterocycles. The molecule has 0 spiro atoms. The topological polar surface area (TPSA) is 110 Å². The summed E-state index contributed by atoms with van der Waals surface area (Å²) < 4.78 is 31.8. The lowest BCUT2D eigenvalue weighted by Gasteiger charge is -2.11. The van der Waals surface area contributed by atoms with Gasteiger partial charge in [-0.05, 0) is 42.5 Å². The molecule has 2 aromatic heterocycles. The molecule has 1 aromatic carbocycles. The van der Waals surface area contributed by atoms with E-state index < -0.39 is 21.0 Å². The van der Waals surface area contributed by atoms with E-state index in [9.17, 15) is 13.2 Å². The smallest absolute Gasteiger partial charge is 0.285 e. The first-order valence-electron chi connectivity index (χ1n) is 8.04. The number of pyridine rings is 2. The Morgan fingerprint density at radius 1 is 1.10 bits per heavy atom. The molecule has 0 saturated carbocycles. The van der Waals surface area contributed by atoms with E-state index >= 15 is 0 Å². The van der Waals surface area contributed by atoms with E-state index in [1.165, 1.54) is 37.7 Å². The van der Waals surface area contributed by atoms with Crippen molar-refractivity contribution in [2.75, 3.05) is 12.4 Å². The average molecular weight is 453 g/mol. The number of carbonyl (C=O) groups is 1. The van der Waals surface area contributed by atoms with Gasteiger partial charge in [-0.1, -0.05) is 23.2 Å². The highest BCUT2D eigenvalue weighted by atomic mass is 35.5. The number of benzene rings is 1. The number of anilines is 2. The Kier molecular flexibility index (Phi) is 6.21. The minimum atomic E-state index is -4.26. The summed E-state index contributed by atoms with van der Waals surface area (Å²) in [6.07, 6.45) is 2.47. The number of rotatable bonds is 6. The fourth-order valence-electron chi connectivity index (χ4n) is 2.29. The predicted octanol–water partition coefficient (Wildman–Crippen LogP) is 3.65. The summed E-state index contributed by atoms with van der Waals surface area (Å²) in [7, 11) is -2.96. The molecule has 150 valence electrons. The van der Waals surface area contributed by atoms with E-state index in [0.29, 0.717) is 16.5 Å². The van der Waals surface area contributed by atoms with Crippen molar-refractivity contribution in [3.63, 3.8) is 0 Å². The van der Waals surface area contributed by atoms with Gasteiger partial charge in [0, 0.05) is 23.1 Å². The van der Waals surface area contributed by atoms with Gasteiger partial charge >= 0.3 is 0 Å². The molecule has 0 atom stereocenters. The Bertz CT molecular complexity index is 1150. The van der Waals surface area contributed by atoms with Crippen LogP contribution in [0, 0.1) is 0 Å². The van der Waals surface area contributed by atoms with Gasteiger partial charge in [-0.2, -0.15) is 8.42 Å². The molecule has 11 heteroatoms. The van der Waals surface area contributed by atoms with Crippen LogP contribution in [0.3, 0.4) is 0 Å². The first-order valence-corrected chi connectivity index (χ1v) is 10.3. The lowest BCUT2D eigenvalue weighted by atomic mass is 10.2. The molecule has 0 fully saturated rings. The average Bonchev–Trinajstić information content (AvgIpc) is 2.70. The molecular formula is C18H14Cl2N4O4S. The largest absolute Gasteiger partial charge is 0.494 e. The Morgan fingerprint density at radius 3 is 2.48 bits per heavy atom. The third-order valence-electron chi connectivity index (χ3n) is 3.65. The summed E-state index contributed by atoms with van der Waals surface area (Å²) in [4.78, 5) is 20.2. The molecule has 3 rings (SSSR count). The maximum absolute atomic E-state index is 12.5. The summed E-state index contributed by atoms with van der Waals surface area (Å²) in [6.45, 7) is 0. The van der Waals surface area contributed by atoms with Crippen molar-refractivity contribution in [2.45, 2.75) is 5.03 Å². The van der Waals surface area contributed by atoms with E-state index in [2.05, 4.69) is 15.3 Å². The summed E-state index contributed by atoms with van der Waals surface area (Å²) in [5.74, 6) is -0.614.